The molecule has 1 unspecified atom stereocenters. The van der Waals surface area contributed by atoms with Gasteiger partial charge in [0.15, 0.2) is 0 Å². The molecule has 1 atom stereocenters. The average molecular weight is 336 g/mol. The predicted molar refractivity (Wildman–Crippen MR) is 90.6 cm³/mol. The second kappa shape index (κ2) is 6.12. The first-order valence-electron chi connectivity index (χ1n) is 6.84. The minimum Gasteiger partial charge on any atom is -0.352 e. The van der Waals surface area contributed by atoms with E-state index in [2.05, 4.69) is 15.3 Å². The lowest BCUT2D eigenvalue weighted by Gasteiger charge is -2.15. The van der Waals surface area contributed by atoms with Gasteiger partial charge in [-0.2, -0.15) is 0 Å². The van der Waals surface area contributed by atoms with E-state index in [4.69, 9.17) is 28.9 Å². The van der Waals surface area contributed by atoms with Gasteiger partial charge in [0.2, 0.25) is 5.95 Å². The summed E-state index contributed by atoms with van der Waals surface area (Å²) in [5, 5.41) is 4.42. The lowest BCUT2D eigenvalue weighted by Crippen LogP contribution is -2.26. The fourth-order valence-electron chi connectivity index (χ4n) is 2.14. The van der Waals surface area contributed by atoms with E-state index in [1.165, 1.54) is 0 Å². The second-order valence-electron chi connectivity index (χ2n) is 5.03. The van der Waals surface area contributed by atoms with Crippen LogP contribution in [0.25, 0.3) is 16.9 Å². The van der Waals surface area contributed by atoms with E-state index in [9.17, 15) is 0 Å². The topological polar surface area (TPSA) is 68.2 Å². The largest absolute Gasteiger partial charge is 0.352 e. The minimum atomic E-state index is 0.0917. The summed E-state index contributed by atoms with van der Waals surface area (Å²) in [5.74, 6) is 0.675. The third kappa shape index (κ3) is 2.88. The summed E-state index contributed by atoms with van der Waals surface area (Å²) < 4.78 is 1.87. The highest BCUT2D eigenvalue weighted by Gasteiger charge is 2.12. The molecular formula is C15H15Cl2N5. The number of imidazole rings is 1. The van der Waals surface area contributed by atoms with Crippen molar-refractivity contribution < 1.29 is 0 Å². The summed E-state index contributed by atoms with van der Waals surface area (Å²) in [4.78, 5) is 8.98. The normalized spacial score (nSPS) is 12.5. The summed E-state index contributed by atoms with van der Waals surface area (Å²) >= 11 is 12.2. The Morgan fingerprint density at radius 3 is 2.86 bits per heavy atom. The molecule has 7 heteroatoms. The Morgan fingerprint density at radius 1 is 1.32 bits per heavy atom. The zero-order valence-corrected chi connectivity index (χ0v) is 13.4. The van der Waals surface area contributed by atoms with Gasteiger partial charge in [0.1, 0.15) is 5.65 Å². The Bertz CT molecular complexity index is 815. The molecule has 3 rings (SSSR count). The predicted octanol–water partition coefficient (Wildman–Crippen LogP) is 3.46. The van der Waals surface area contributed by atoms with E-state index in [0.29, 0.717) is 22.5 Å². The number of nitrogens with two attached hydrogens (primary N) is 1. The molecule has 0 fully saturated rings. The summed E-state index contributed by atoms with van der Waals surface area (Å²) in [7, 11) is 0. The molecule has 3 N–H and O–H groups in total. The maximum Gasteiger partial charge on any atom is 0.209 e. The number of fused-ring (bicyclic) bond motifs is 1. The average Bonchev–Trinajstić information content (AvgIpc) is 2.95. The Balaban J connectivity index is 2.14. The third-order valence-corrected chi connectivity index (χ3v) is 3.87. The lowest BCUT2D eigenvalue weighted by molar-refractivity contribution is 0.786. The van der Waals surface area contributed by atoms with Crippen molar-refractivity contribution >= 4 is 34.8 Å². The first-order chi connectivity index (χ1) is 10.6. The lowest BCUT2D eigenvalue weighted by atomic mass is 10.1. The van der Waals surface area contributed by atoms with Crippen LogP contribution in [0, 0.1) is 0 Å². The molecule has 0 amide bonds. The zero-order valence-electron chi connectivity index (χ0n) is 11.9. The van der Waals surface area contributed by atoms with Crippen LogP contribution in [-0.2, 0) is 0 Å². The molecule has 2 heterocycles. The van der Waals surface area contributed by atoms with Crippen molar-refractivity contribution in [2.75, 3.05) is 11.9 Å². The summed E-state index contributed by atoms with van der Waals surface area (Å²) in [5.41, 5.74) is 7.99. The molecule has 5 nitrogen and oxygen atoms in total. The van der Waals surface area contributed by atoms with Crippen LogP contribution >= 0.6 is 23.2 Å². The van der Waals surface area contributed by atoms with Gasteiger partial charge in [0.05, 0.1) is 10.7 Å². The zero-order chi connectivity index (χ0) is 15.7. The maximum atomic E-state index is 6.28. The van der Waals surface area contributed by atoms with Crippen LogP contribution in [0.15, 0.2) is 36.7 Å². The highest BCUT2D eigenvalue weighted by molar-refractivity contribution is 6.36. The molecule has 0 aliphatic carbocycles. The molecule has 0 aliphatic rings. The van der Waals surface area contributed by atoms with Gasteiger partial charge >= 0.3 is 0 Å². The van der Waals surface area contributed by atoms with E-state index in [1.54, 1.807) is 18.3 Å². The van der Waals surface area contributed by atoms with Crippen molar-refractivity contribution in [3.63, 3.8) is 0 Å². The highest BCUT2D eigenvalue weighted by atomic mass is 35.5. The van der Waals surface area contributed by atoms with Crippen molar-refractivity contribution in [2.45, 2.75) is 13.0 Å². The molecule has 0 radical (unpaired) electrons. The van der Waals surface area contributed by atoms with Crippen LogP contribution in [-0.4, -0.2) is 27.0 Å². The number of aromatic nitrogens is 3. The Morgan fingerprint density at radius 2 is 2.14 bits per heavy atom. The number of hydrogen-bond acceptors (Lipinski definition) is 4. The monoisotopic (exact) mass is 335 g/mol. The van der Waals surface area contributed by atoms with Gasteiger partial charge in [-0.15, -0.1) is 0 Å². The van der Waals surface area contributed by atoms with Crippen LogP contribution in [0.4, 0.5) is 5.95 Å². The summed E-state index contributed by atoms with van der Waals surface area (Å²) in [6.45, 7) is 2.50. The Labute approximate surface area is 138 Å². The standard InChI is InChI=1S/C15H15Cl2N5/c1-9(8-18)20-15-21-13(7-14-19-4-5-22(14)15)11-3-2-10(16)6-12(11)17/h2-7,9H,8,18H2,1H3,(H,20,21). The first kappa shape index (κ1) is 15.1. The van der Waals surface area contributed by atoms with Gasteiger partial charge in [-0.05, 0) is 25.1 Å². The van der Waals surface area contributed by atoms with Crippen molar-refractivity contribution in [3.05, 3.63) is 46.7 Å². The van der Waals surface area contributed by atoms with Crippen LogP contribution in [0.5, 0.6) is 0 Å². The number of benzene rings is 1. The Hall–Kier alpha value is -1.82. The fraction of sp³-hybridized carbons (Fsp3) is 0.200. The fourth-order valence-corrected chi connectivity index (χ4v) is 2.64. The molecule has 1 aromatic carbocycles. The SMILES string of the molecule is CC(CN)Nc1nc(-c2ccc(Cl)cc2Cl)cc2nccn12. The molecular weight excluding hydrogens is 321 g/mol. The van der Waals surface area contributed by atoms with Crippen molar-refractivity contribution in [3.8, 4) is 11.3 Å². The molecule has 0 aliphatic heterocycles. The number of nitrogens with zero attached hydrogens (tertiary/aromatic N) is 3. The van der Waals surface area contributed by atoms with E-state index < -0.39 is 0 Å². The van der Waals surface area contributed by atoms with Crippen molar-refractivity contribution in [1.29, 1.82) is 0 Å². The van der Waals surface area contributed by atoms with E-state index in [1.807, 2.05) is 29.7 Å². The van der Waals surface area contributed by atoms with E-state index in [0.717, 1.165) is 16.9 Å². The van der Waals surface area contributed by atoms with Gasteiger partial charge < -0.3 is 11.1 Å². The molecule has 0 bridgehead atoms. The molecule has 2 aromatic heterocycles. The van der Waals surface area contributed by atoms with Crippen LogP contribution < -0.4 is 11.1 Å². The molecule has 0 saturated heterocycles. The number of rotatable bonds is 4. The maximum absolute atomic E-state index is 6.28. The van der Waals surface area contributed by atoms with Crippen molar-refractivity contribution in [1.82, 2.24) is 14.4 Å². The molecule has 114 valence electrons. The first-order valence-corrected chi connectivity index (χ1v) is 7.60. The van der Waals surface area contributed by atoms with Gasteiger partial charge in [0, 0.05) is 41.6 Å². The van der Waals surface area contributed by atoms with Gasteiger partial charge in [0.25, 0.3) is 0 Å². The molecule has 0 saturated carbocycles. The molecule has 0 spiro atoms. The number of anilines is 1. The Kier molecular flexibility index (Phi) is 4.20. The third-order valence-electron chi connectivity index (χ3n) is 3.33. The second-order valence-corrected chi connectivity index (χ2v) is 5.87. The molecule has 3 aromatic rings. The minimum absolute atomic E-state index is 0.0917. The smallest absolute Gasteiger partial charge is 0.209 e. The van der Waals surface area contributed by atoms with Gasteiger partial charge in [-0.1, -0.05) is 23.2 Å². The van der Waals surface area contributed by atoms with Crippen LogP contribution in [0.1, 0.15) is 6.92 Å². The number of halogens is 2. The highest BCUT2D eigenvalue weighted by Crippen LogP contribution is 2.30. The van der Waals surface area contributed by atoms with Crippen molar-refractivity contribution in [2.24, 2.45) is 5.73 Å². The van der Waals surface area contributed by atoms with E-state index in [-0.39, 0.29) is 6.04 Å². The quantitative estimate of drug-likeness (QED) is 0.766. The summed E-state index contributed by atoms with van der Waals surface area (Å²) in [6.07, 6.45) is 3.57. The van der Waals surface area contributed by atoms with E-state index >= 15 is 0 Å². The van der Waals surface area contributed by atoms with Gasteiger partial charge in [-0.3, -0.25) is 4.40 Å². The van der Waals surface area contributed by atoms with Crippen LogP contribution in [0.2, 0.25) is 10.0 Å². The van der Waals surface area contributed by atoms with Gasteiger partial charge in [-0.25, -0.2) is 9.97 Å². The molecule has 22 heavy (non-hydrogen) atoms. The number of hydrogen-bond donors (Lipinski definition) is 2. The number of nitrogens with one attached hydrogen (secondary N) is 1. The summed E-state index contributed by atoms with van der Waals surface area (Å²) in [6, 6.07) is 7.31. The van der Waals surface area contributed by atoms with Crippen LogP contribution in [0.3, 0.4) is 0 Å².